The van der Waals surface area contributed by atoms with Crippen LogP contribution in [0.2, 0.25) is 0 Å². The molecule has 0 aliphatic heterocycles. The van der Waals surface area contributed by atoms with E-state index < -0.39 is 0 Å². The zero-order chi connectivity index (χ0) is 18.8. The van der Waals surface area contributed by atoms with E-state index in [0.29, 0.717) is 29.1 Å². The normalized spacial score (nSPS) is 12.5. The second-order valence-corrected chi connectivity index (χ2v) is 6.27. The first-order chi connectivity index (χ1) is 13.2. The van der Waals surface area contributed by atoms with Crippen molar-refractivity contribution in [3.05, 3.63) is 53.1 Å². The number of hydrogen-bond acceptors (Lipinski definition) is 6. The summed E-state index contributed by atoms with van der Waals surface area (Å²) >= 11 is 0. The molecule has 3 heterocycles. The van der Waals surface area contributed by atoms with E-state index in [9.17, 15) is 4.79 Å². The minimum atomic E-state index is -0.175. The predicted molar refractivity (Wildman–Crippen MR) is 104 cm³/mol. The van der Waals surface area contributed by atoms with E-state index in [1.54, 1.807) is 17.9 Å². The number of nitrogens with zero attached hydrogens (tertiary/aromatic N) is 4. The SMILES string of the molecule is CCC(COC)Nc1ncc2c3[nH]ncc3c(=O)n(-c3ccccc3)c2n1. The van der Waals surface area contributed by atoms with Gasteiger partial charge in [0.15, 0.2) is 5.65 Å². The van der Waals surface area contributed by atoms with Crippen LogP contribution in [0.25, 0.3) is 27.6 Å². The van der Waals surface area contributed by atoms with Crippen LogP contribution < -0.4 is 10.9 Å². The molecule has 4 aromatic rings. The maximum Gasteiger partial charge on any atom is 0.267 e. The highest BCUT2D eigenvalue weighted by atomic mass is 16.5. The number of aromatic nitrogens is 5. The third-order valence-electron chi connectivity index (χ3n) is 4.53. The second kappa shape index (κ2) is 7.16. The molecular weight excluding hydrogens is 344 g/mol. The number of para-hydroxylation sites is 1. The van der Waals surface area contributed by atoms with Crippen molar-refractivity contribution in [3.8, 4) is 5.69 Å². The summed E-state index contributed by atoms with van der Waals surface area (Å²) in [5.41, 5.74) is 1.72. The molecule has 2 N–H and O–H groups in total. The van der Waals surface area contributed by atoms with Gasteiger partial charge in [0.1, 0.15) is 0 Å². The van der Waals surface area contributed by atoms with Gasteiger partial charge in [-0.2, -0.15) is 10.1 Å². The average molecular weight is 364 g/mol. The minimum absolute atomic E-state index is 0.0835. The standard InChI is InChI=1S/C19H20N6O2/c1-3-12(11-27-2)22-19-20-9-14-16-15(10-21-24-16)18(26)25(17(14)23-19)13-7-5-4-6-8-13/h4-10,12H,3,11H2,1-2H3,(H,21,24)(H,20,22,23). The van der Waals surface area contributed by atoms with E-state index in [1.807, 2.05) is 30.3 Å². The lowest BCUT2D eigenvalue weighted by Gasteiger charge is -2.17. The molecule has 1 aromatic carbocycles. The monoisotopic (exact) mass is 364 g/mol. The van der Waals surface area contributed by atoms with Gasteiger partial charge in [0.25, 0.3) is 5.56 Å². The van der Waals surface area contributed by atoms with E-state index >= 15 is 0 Å². The van der Waals surface area contributed by atoms with Gasteiger partial charge in [-0.25, -0.2) is 4.98 Å². The Kier molecular flexibility index (Phi) is 4.55. The summed E-state index contributed by atoms with van der Waals surface area (Å²) in [4.78, 5) is 22.2. The number of ether oxygens (including phenoxy) is 1. The first-order valence-corrected chi connectivity index (χ1v) is 8.78. The van der Waals surface area contributed by atoms with Crippen LogP contribution in [0.1, 0.15) is 13.3 Å². The Bertz CT molecular complexity index is 1140. The first-order valence-electron chi connectivity index (χ1n) is 8.78. The topological polar surface area (TPSA) is 97.7 Å². The first kappa shape index (κ1) is 17.2. The number of aromatic amines is 1. The molecule has 0 bridgehead atoms. The molecule has 0 saturated carbocycles. The lowest BCUT2D eigenvalue weighted by Crippen LogP contribution is -2.26. The number of hydrogen-bond donors (Lipinski definition) is 2. The molecule has 8 heteroatoms. The molecule has 0 amide bonds. The molecule has 8 nitrogen and oxygen atoms in total. The predicted octanol–water partition coefficient (Wildman–Crippen LogP) is 2.49. The maximum atomic E-state index is 13.1. The Morgan fingerprint density at radius 3 is 2.78 bits per heavy atom. The number of fused-ring (bicyclic) bond motifs is 3. The molecule has 0 spiro atoms. The van der Waals surface area contributed by atoms with Crippen LogP contribution in [-0.2, 0) is 4.74 Å². The van der Waals surface area contributed by atoms with Crippen LogP contribution in [-0.4, -0.2) is 44.5 Å². The molecule has 0 aliphatic rings. The largest absolute Gasteiger partial charge is 0.383 e. The molecule has 1 unspecified atom stereocenters. The molecule has 0 aliphatic carbocycles. The Balaban J connectivity index is 1.96. The molecule has 0 radical (unpaired) electrons. The van der Waals surface area contributed by atoms with Crippen molar-refractivity contribution in [1.82, 2.24) is 24.7 Å². The van der Waals surface area contributed by atoms with Gasteiger partial charge in [-0.3, -0.25) is 14.5 Å². The van der Waals surface area contributed by atoms with Crippen molar-refractivity contribution in [2.24, 2.45) is 0 Å². The van der Waals surface area contributed by atoms with Gasteiger partial charge in [-0.15, -0.1) is 0 Å². The number of rotatable bonds is 6. The molecule has 4 rings (SSSR count). The molecule has 0 fully saturated rings. The highest BCUT2D eigenvalue weighted by Gasteiger charge is 2.17. The number of nitrogens with one attached hydrogen (secondary N) is 2. The van der Waals surface area contributed by atoms with E-state index in [0.717, 1.165) is 17.5 Å². The van der Waals surface area contributed by atoms with Crippen molar-refractivity contribution >= 4 is 27.9 Å². The van der Waals surface area contributed by atoms with Gasteiger partial charge in [0.2, 0.25) is 5.95 Å². The molecule has 0 saturated heterocycles. The van der Waals surface area contributed by atoms with Crippen LogP contribution >= 0.6 is 0 Å². The van der Waals surface area contributed by atoms with Crippen molar-refractivity contribution in [2.45, 2.75) is 19.4 Å². The highest BCUT2D eigenvalue weighted by molar-refractivity contribution is 6.02. The lowest BCUT2D eigenvalue weighted by molar-refractivity contribution is 0.184. The number of H-pyrrole nitrogens is 1. The van der Waals surface area contributed by atoms with Crippen molar-refractivity contribution in [2.75, 3.05) is 19.0 Å². The van der Waals surface area contributed by atoms with Gasteiger partial charge in [0, 0.05) is 13.3 Å². The van der Waals surface area contributed by atoms with Gasteiger partial charge >= 0.3 is 0 Å². The Labute approximate surface area is 155 Å². The highest BCUT2D eigenvalue weighted by Crippen LogP contribution is 2.22. The van der Waals surface area contributed by atoms with Crippen LogP contribution in [0.4, 0.5) is 5.95 Å². The summed E-state index contributed by atoms with van der Waals surface area (Å²) in [6.07, 6.45) is 4.11. The van der Waals surface area contributed by atoms with Gasteiger partial charge in [0.05, 0.1) is 40.8 Å². The minimum Gasteiger partial charge on any atom is -0.383 e. The zero-order valence-electron chi connectivity index (χ0n) is 15.1. The smallest absolute Gasteiger partial charge is 0.267 e. The summed E-state index contributed by atoms with van der Waals surface area (Å²) in [7, 11) is 1.66. The Morgan fingerprint density at radius 1 is 1.22 bits per heavy atom. The summed E-state index contributed by atoms with van der Waals surface area (Å²) in [5, 5.41) is 11.4. The van der Waals surface area contributed by atoms with Crippen LogP contribution in [0.3, 0.4) is 0 Å². The Morgan fingerprint density at radius 2 is 2.04 bits per heavy atom. The third-order valence-corrected chi connectivity index (χ3v) is 4.53. The molecule has 27 heavy (non-hydrogen) atoms. The summed E-state index contributed by atoms with van der Waals surface area (Å²) in [6, 6.07) is 9.52. The molecule has 138 valence electrons. The number of benzene rings is 1. The maximum absolute atomic E-state index is 13.1. The van der Waals surface area contributed by atoms with Crippen LogP contribution in [0, 0.1) is 0 Å². The van der Waals surface area contributed by atoms with Gasteiger partial charge in [-0.05, 0) is 18.6 Å². The number of methoxy groups -OCH3 is 1. The fourth-order valence-electron chi connectivity index (χ4n) is 3.12. The number of pyridine rings is 1. The lowest BCUT2D eigenvalue weighted by atomic mass is 10.2. The fraction of sp³-hybridized carbons (Fsp3) is 0.263. The van der Waals surface area contributed by atoms with Crippen LogP contribution in [0.5, 0.6) is 0 Å². The van der Waals surface area contributed by atoms with Gasteiger partial charge < -0.3 is 10.1 Å². The van der Waals surface area contributed by atoms with E-state index in [1.165, 1.54) is 6.20 Å². The average Bonchev–Trinajstić information content (AvgIpc) is 3.19. The van der Waals surface area contributed by atoms with Crippen molar-refractivity contribution < 1.29 is 4.74 Å². The molecule has 3 aromatic heterocycles. The Hall–Kier alpha value is -3.26. The zero-order valence-corrected chi connectivity index (χ0v) is 15.1. The number of anilines is 1. The molecular formula is C19H20N6O2. The van der Waals surface area contributed by atoms with E-state index in [4.69, 9.17) is 4.74 Å². The summed E-state index contributed by atoms with van der Waals surface area (Å²) in [5.74, 6) is 0.453. The summed E-state index contributed by atoms with van der Waals surface area (Å²) < 4.78 is 6.82. The van der Waals surface area contributed by atoms with Gasteiger partial charge in [-0.1, -0.05) is 25.1 Å². The summed E-state index contributed by atoms with van der Waals surface area (Å²) in [6.45, 7) is 2.61. The van der Waals surface area contributed by atoms with Crippen LogP contribution in [0.15, 0.2) is 47.5 Å². The third kappa shape index (κ3) is 3.04. The quantitative estimate of drug-likeness (QED) is 0.545. The van der Waals surface area contributed by atoms with Crippen molar-refractivity contribution in [1.29, 1.82) is 0 Å². The second-order valence-electron chi connectivity index (χ2n) is 6.27. The van der Waals surface area contributed by atoms with E-state index in [2.05, 4.69) is 32.4 Å². The van der Waals surface area contributed by atoms with E-state index in [-0.39, 0.29) is 11.6 Å². The molecule has 1 atom stereocenters. The van der Waals surface area contributed by atoms with Crippen molar-refractivity contribution in [3.63, 3.8) is 0 Å². The fourth-order valence-corrected chi connectivity index (χ4v) is 3.12.